The Labute approximate surface area is 91.2 Å². The van der Waals surface area contributed by atoms with Gasteiger partial charge in [0.1, 0.15) is 5.75 Å². The van der Waals surface area contributed by atoms with E-state index in [9.17, 15) is 9.90 Å². The van der Waals surface area contributed by atoms with Crippen LogP contribution in [0.1, 0.15) is 0 Å². The van der Waals surface area contributed by atoms with Gasteiger partial charge in [-0.15, -0.1) is 0 Å². The van der Waals surface area contributed by atoms with E-state index in [0.717, 1.165) is 0 Å². The molecule has 5 heteroatoms. The van der Waals surface area contributed by atoms with Gasteiger partial charge in [-0.25, -0.2) is 0 Å². The molecule has 1 aromatic carbocycles. The van der Waals surface area contributed by atoms with Crippen LogP contribution in [0.2, 0.25) is 0 Å². The van der Waals surface area contributed by atoms with E-state index in [1.807, 2.05) is 0 Å². The molecule has 5 nitrogen and oxygen atoms in total. The minimum Gasteiger partial charge on any atom is -0.500 e. The average molecular weight is 221 g/mol. The number of methoxy groups -OCH3 is 2. The molecule has 0 amide bonds. The minimum absolute atomic E-state index is 0.168. The van der Waals surface area contributed by atoms with Gasteiger partial charge in [0.15, 0.2) is 5.75 Å². The number of aromatic amines is 1. The highest BCUT2D eigenvalue weighted by molar-refractivity contribution is 5.88. The fraction of sp³-hybridized carbons (Fsp3) is 0.182. The highest BCUT2D eigenvalue weighted by atomic mass is 16.5. The fourth-order valence-electron chi connectivity index (χ4n) is 1.57. The van der Waals surface area contributed by atoms with E-state index >= 15 is 0 Å². The quantitative estimate of drug-likeness (QED) is 0.800. The lowest BCUT2D eigenvalue weighted by molar-refractivity contribution is 0.374. The summed E-state index contributed by atoms with van der Waals surface area (Å²) in [5.74, 6) is 0.373. The molecule has 0 saturated heterocycles. The van der Waals surface area contributed by atoms with Crippen molar-refractivity contribution in [3.63, 3.8) is 0 Å². The van der Waals surface area contributed by atoms with Crippen LogP contribution in [0.3, 0.4) is 0 Å². The second-order valence-corrected chi connectivity index (χ2v) is 3.25. The first-order valence-electron chi connectivity index (χ1n) is 4.64. The first kappa shape index (κ1) is 10.4. The molecule has 0 atom stereocenters. The van der Waals surface area contributed by atoms with Crippen molar-refractivity contribution in [3.05, 3.63) is 28.6 Å². The van der Waals surface area contributed by atoms with Crippen LogP contribution >= 0.6 is 0 Å². The third-order valence-electron chi connectivity index (χ3n) is 2.35. The van der Waals surface area contributed by atoms with E-state index < -0.39 is 11.3 Å². The summed E-state index contributed by atoms with van der Waals surface area (Å²) in [6, 6.07) is 5.10. The maximum atomic E-state index is 11.4. The fourth-order valence-corrected chi connectivity index (χ4v) is 1.57. The summed E-state index contributed by atoms with van der Waals surface area (Å²) in [6.45, 7) is 0. The molecule has 0 fully saturated rings. The van der Waals surface area contributed by atoms with Crippen molar-refractivity contribution in [1.82, 2.24) is 4.98 Å². The number of pyridine rings is 1. The molecular formula is C11H11NO4. The molecule has 16 heavy (non-hydrogen) atoms. The molecule has 0 aliphatic rings. The Hall–Kier alpha value is -2.17. The summed E-state index contributed by atoms with van der Waals surface area (Å²) in [5.41, 5.74) is -0.0309. The van der Waals surface area contributed by atoms with Crippen molar-refractivity contribution in [2.24, 2.45) is 0 Å². The maximum Gasteiger partial charge on any atom is 0.294 e. The lowest BCUT2D eigenvalue weighted by Gasteiger charge is -2.08. The molecule has 1 heterocycles. The molecular weight excluding hydrogens is 210 g/mol. The molecule has 2 rings (SSSR count). The van der Waals surface area contributed by atoms with Crippen LogP contribution in [0.5, 0.6) is 17.2 Å². The van der Waals surface area contributed by atoms with Crippen LogP contribution in [0.4, 0.5) is 0 Å². The summed E-state index contributed by atoms with van der Waals surface area (Å²) in [6.07, 6.45) is 0. The predicted octanol–water partition coefficient (Wildman–Crippen LogP) is 1.25. The normalized spacial score (nSPS) is 10.4. The Bertz CT molecular complexity index is 588. The van der Waals surface area contributed by atoms with E-state index in [4.69, 9.17) is 9.47 Å². The number of fused-ring (bicyclic) bond motifs is 1. The van der Waals surface area contributed by atoms with E-state index in [1.165, 1.54) is 14.2 Å². The average Bonchev–Trinajstić information content (AvgIpc) is 2.30. The van der Waals surface area contributed by atoms with Gasteiger partial charge >= 0.3 is 0 Å². The zero-order valence-electron chi connectivity index (χ0n) is 8.90. The van der Waals surface area contributed by atoms with Crippen LogP contribution in [-0.2, 0) is 0 Å². The van der Waals surface area contributed by atoms with Gasteiger partial charge in [-0.3, -0.25) is 4.79 Å². The van der Waals surface area contributed by atoms with Crippen molar-refractivity contribution >= 4 is 10.9 Å². The number of aromatic nitrogens is 1. The summed E-state index contributed by atoms with van der Waals surface area (Å²) in [4.78, 5) is 13.9. The summed E-state index contributed by atoms with van der Waals surface area (Å²) in [5, 5.41) is 10.1. The number of benzene rings is 1. The van der Waals surface area contributed by atoms with Gasteiger partial charge in [0.05, 0.1) is 19.7 Å². The lowest BCUT2D eigenvalue weighted by Crippen LogP contribution is -2.06. The van der Waals surface area contributed by atoms with Crippen LogP contribution < -0.4 is 15.0 Å². The van der Waals surface area contributed by atoms with Crippen molar-refractivity contribution < 1.29 is 14.6 Å². The first-order valence-corrected chi connectivity index (χ1v) is 4.64. The van der Waals surface area contributed by atoms with Gasteiger partial charge in [0.25, 0.3) is 5.56 Å². The molecule has 0 spiro atoms. The number of nitrogens with one attached hydrogen (secondary N) is 1. The highest BCUT2D eigenvalue weighted by Crippen LogP contribution is 2.31. The molecule has 0 aliphatic heterocycles. The molecule has 0 unspecified atom stereocenters. The zero-order valence-corrected chi connectivity index (χ0v) is 8.90. The summed E-state index contributed by atoms with van der Waals surface area (Å²) in [7, 11) is 2.94. The smallest absolute Gasteiger partial charge is 0.294 e. The zero-order chi connectivity index (χ0) is 11.7. The number of ether oxygens (including phenoxy) is 2. The van der Waals surface area contributed by atoms with Crippen LogP contribution in [-0.4, -0.2) is 24.3 Å². The second-order valence-electron chi connectivity index (χ2n) is 3.25. The Balaban J connectivity index is 2.85. The molecule has 1 aromatic heterocycles. The van der Waals surface area contributed by atoms with Crippen molar-refractivity contribution in [3.8, 4) is 17.2 Å². The molecule has 0 saturated carbocycles. The summed E-state index contributed by atoms with van der Waals surface area (Å²) >= 11 is 0. The molecule has 0 bridgehead atoms. The van der Waals surface area contributed by atoms with Gasteiger partial charge in [-0.05, 0) is 12.1 Å². The Morgan fingerprint density at radius 3 is 2.62 bits per heavy atom. The Kier molecular flexibility index (Phi) is 2.44. The standard InChI is InChI=1S/C11H11NO4/c1-15-6-3-4-7-8(5-6)12-11(14)9(13)10(7)16-2/h3-5,13H,1-2H3,(H,12,14). The number of rotatable bonds is 2. The van der Waals surface area contributed by atoms with Crippen LogP contribution in [0, 0.1) is 0 Å². The molecule has 0 radical (unpaired) electrons. The number of hydrogen-bond acceptors (Lipinski definition) is 4. The lowest BCUT2D eigenvalue weighted by atomic mass is 10.2. The van der Waals surface area contributed by atoms with Gasteiger partial charge in [-0.2, -0.15) is 0 Å². The van der Waals surface area contributed by atoms with E-state index in [1.54, 1.807) is 18.2 Å². The molecule has 84 valence electrons. The van der Waals surface area contributed by atoms with Gasteiger partial charge in [0, 0.05) is 11.5 Å². The Morgan fingerprint density at radius 1 is 1.25 bits per heavy atom. The van der Waals surface area contributed by atoms with Gasteiger partial charge < -0.3 is 19.6 Å². The first-order chi connectivity index (χ1) is 7.67. The maximum absolute atomic E-state index is 11.4. The summed E-state index contributed by atoms with van der Waals surface area (Å²) < 4.78 is 10.0. The SMILES string of the molecule is COc1ccc2c(OC)c(O)c(=O)[nH]c2c1. The van der Waals surface area contributed by atoms with Crippen LogP contribution in [0.15, 0.2) is 23.0 Å². The molecule has 2 N–H and O–H groups in total. The van der Waals surface area contributed by atoms with E-state index in [2.05, 4.69) is 4.98 Å². The number of aromatic hydroxyl groups is 1. The predicted molar refractivity (Wildman–Crippen MR) is 59.3 cm³/mol. The van der Waals surface area contributed by atoms with E-state index in [-0.39, 0.29) is 5.75 Å². The number of hydrogen-bond donors (Lipinski definition) is 2. The van der Waals surface area contributed by atoms with Gasteiger partial charge in [-0.1, -0.05) is 0 Å². The monoisotopic (exact) mass is 221 g/mol. The third kappa shape index (κ3) is 1.46. The highest BCUT2D eigenvalue weighted by Gasteiger charge is 2.12. The van der Waals surface area contributed by atoms with Crippen molar-refractivity contribution in [2.45, 2.75) is 0 Å². The largest absolute Gasteiger partial charge is 0.500 e. The molecule has 0 aliphatic carbocycles. The van der Waals surface area contributed by atoms with Crippen LogP contribution in [0.25, 0.3) is 10.9 Å². The van der Waals surface area contributed by atoms with Gasteiger partial charge in [0.2, 0.25) is 5.75 Å². The van der Waals surface area contributed by atoms with E-state index in [0.29, 0.717) is 16.7 Å². The second kappa shape index (κ2) is 3.77. The van der Waals surface area contributed by atoms with Crippen molar-refractivity contribution in [1.29, 1.82) is 0 Å². The molecule has 2 aromatic rings. The third-order valence-corrected chi connectivity index (χ3v) is 2.35. The topological polar surface area (TPSA) is 71.5 Å². The minimum atomic E-state index is -0.586. The van der Waals surface area contributed by atoms with Crippen molar-refractivity contribution in [2.75, 3.05) is 14.2 Å². The Morgan fingerprint density at radius 2 is 2.00 bits per heavy atom. The number of H-pyrrole nitrogens is 1.